The van der Waals surface area contributed by atoms with Gasteiger partial charge in [0.1, 0.15) is 5.82 Å². The third kappa shape index (κ3) is 4.00. The predicted molar refractivity (Wildman–Crippen MR) is 90.5 cm³/mol. The highest BCUT2D eigenvalue weighted by Gasteiger charge is 2.26. The van der Waals surface area contributed by atoms with Crippen LogP contribution in [0.25, 0.3) is 0 Å². The summed E-state index contributed by atoms with van der Waals surface area (Å²) in [5, 5.41) is 11.2. The Morgan fingerprint density at radius 2 is 2.29 bits per heavy atom. The number of rotatable bonds is 5. The maximum Gasteiger partial charge on any atom is 0.224 e. The molecule has 24 heavy (non-hydrogen) atoms. The zero-order chi connectivity index (χ0) is 16.9. The van der Waals surface area contributed by atoms with Gasteiger partial charge in [0.15, 0.2) is 5.82 Å². The Morgan fingerprint density at radius 1 is 1.42 bits per heavy atom. The summed E-state index contributed by atoms with van der Waals surface area (Å²) >= 11 is 5.96. The van der Waals surface area contributed by atoms with Gasteiger partial charge < -0.3 is 10.2 Å². The molecule has 1 aliphatic rings. The number of amides is 1. The molecular weight excluding hydrogens is 331 g/mol. The van der Waals surface area contributed by atoms with Gasteiger partial charge >= 0.3 is 0 Å². The first kappa shape index (κ1) is 16.6. The number of benzene rings is 1. The van der Waals surface area contributed by atoms with Crippen LogP contribution in [-0.2, 0) is 11.2 Å². The smallest absolute Gasteiger partial charge is 0.224 e. The average molecular weight is 349 g/mol. The lowest BCUT2D eigenvalue weighted by Gasteiger charge is -2.25. The molecule has 0 saturated carbocycles. The van der Waals surface area contributed by atoms with E-state index in [1.165, 1.54) is 12.1 Å². The minimum Gasteiger partial charge on any atom is -0.354 e. The van der Waals surface area contributed by atoms with E-state index >= 15 is 0 Å². The van der Waals surface area contributed by atoms with Gasteiger partial charge in [0.25, 0.3) is 0 Å². The number of nitrogens with one attached hydrogen (secondary N) is 1. The van der Waals surface area contributed by atoms with E-state index in [4.69, 9.17) is 11.6 Å². The van der Waals surface area contributed by atoms with Crippen molar-refractivity contribution in [3.63, 3.8) is 0 Å². The van der Waals surface area contributed by atoms with Crippen molar-refractivity contribution < 1.29 is 9.18 Å². The summed E-state index contributed by atoms with van der Waals surface area (Å²) < 4.78 is 13.0. The molecule has 0 unspecified atom stereocenters. The second-order valence-electron chi connectivity index (χ2n) is 5.79. The fourth-order valence-corrected chi connectivity index (χ4v) is 3.16. The lowest BCUT2D eigenvalue weighted by Crippen LogP contribution is -2.41. The maximum absolute atomic E-state index is 13.0. The van der Waals surface area contributed by atoms with Crippen molar-refractivity contribution in [1.29, 1.82) is 0 Å². The molecule has 3 rings (SSSR count). The zero-order valence-electron chi connectivity index (χ0n) is 13.1. The van der Waals surface area contributed by atoms with Crippen LogP contribution in [0.4, 0.5) is 10.2 Å². The van der Waals surface area contributed by atoms with Crippen LogP contribution in [-0.4, -0.2) is 35.2 Å². The van der Waals surface area contributed by atoms with Crippen LogP contribution in [0.5, 0.6) is 0 Å². The van der Waals surface area contributed by atoms with Crippen molar-refractivity contribution in [2.75, 3.05) is 18.0 Å². The highest BCUT2D eigenvalue weighted by atomic mass is 35.5. The normalized spacial score (nSPS) is 17.1. The Balaban J connectivity index is 1.56. The summed E-state index contributed by atoms with van der Waals surface area (Å²) in [7, 11) is 0. The summed E-state index contributed by atoms with van der Waals surface area (Å²) in [5.74, 6) is 0.292. The highest BCUT2D eigenvalue weighted by Crippen LogP contribution is 2.22. The van der Waals surface area contributed by atoms with Crippen molar-refractivity contribution in [2.24, 2.45) is 0 Å². The summed E-state index contributed by atoms with van der Waals surface area (Å²) in [5.41, 5.74) is 0.618. The molecule has 1 aliphatic heterocycles. The van der Waals surface area contributed by atoms with Gasteiger partial charge in [0.2, 0.25) is 5.91 Å². The molecule has 1 saturated heterocycles. The Labute approximate surface area is 144 Å². The number of aromatic nitrogens is 2. The van der Waals surface area contributed by atoms with Crippen molar-refractivity contribution in [1.82, 2.24) is 15.5 Å². The second-order valence-corrected chi connectivity index (χ2v) is 6.20. The lowest BCUT2D eigenvalue weighted by atomic mass is 10.1. The van der Waals surface area contributed by atoms with Crippen LogP contribution < -0.4 is 10.2 Å². The standard InChI is InChI=1S/C17H18ClFN4O/c18-15-10-13(19)6-5-12(15)9-17(24)20-11-14-3-2-8-23(14)16-4-1-7-21-22-16/h1,4-7,10,14H,2-3,8-9,11H2,(H,20,24)/t14-/m1/s1. The number of nitrogens with zero attached hydrogens (tertiary/aromatic N) is 3. The molecule has 2 aromatic rings. The molecule has 0 spiro atoms. The van der Waals surface area contributed by atoms with Gasteiger partial charge in [-0.15, -0.1) is 5.10 Å². The van der Waals surface area contributed by atoms with E-state index in [2.05, 4.69) is 20.4 Å². The fourth-order valence-electron chi connectivity index (χ4n) is 2.93. The molecule has 126 valence electrons. The Kier molecular flexibility index (Phi) is 5.25. The van der Waals surface area contributed by atoms with Gasteiger partial charge in [-0.3, -0.25) is 4.79 Å². The third-order valence-corrected chi connectivity index (χ3v) is 4.48. The molecular formula is C17H18ClFN4O. The van der Waals surface area contributed by atoms with Gasteiger partial charge in [-0.2, -0.15) is 5.10 Å². The Hall–Kier alpha value is -2.21. The third-order valence-electron chi connectivity index (χ3n) is 4.13. The molecule has 7 heteroatoms. The maximum atomic E-state index is 13.0. The van der Waals surface area contributed by atoms with E-state index in [-0.39, 0.29) is 23.4 Å². The zero-order valence-corrected chi connectivity index (χ0v) is 13.8. The summed E-state index contributed by atoms with van der Waals surface area (Å²) in [6.07, 6.45) is 3.83. The molecule has 2 heterocycles. The van der Waals surface area contributed by atoms with Crippen LogP contribution in [0, 0.1) is 5.82 Å². The minimum absolute atomic E-state index is 0.130. The first-order valence-electron chi connectivity index (χ1n) is 7.88. The van der Waals surface area contributed by atoms with Crippen molar-refractivity contribution in [2.45, 2.75) is 25.3 Å². The molecule has 1 atom stereocenters. The first-order valence-corrected chi connectivity index (χ1v) is 8.26. The van der Waals surface area contributed by atoms with Crippen LogP contribution in [0.15, 0.2) is 36.5 Å². The molecule has 0 radical (unpaired) electrons. The number of hydrogen-bond donors (Lipinski definition) is 1. The van der Waals surface area contributed by atoms with Gasteiger partial charge in [-0.05, 0) is 42.7 Å². The molecule has 5 nitrogen and oxygen atoms in total. The summed E-state index contributed by atoms with van der Waals surface area (Å²) in [6.45, 7) is 1.44. The number of anilines is 1. The molecule has 1 N–H and O–H groups in total. The summed E-state index contributed by atoms with van der Waals surface area (Å²) in [4.78, 5) is 14.3. The van der Waals surface area contributed by atoms with Crippen LogP contribution >= 0.6 is 11.6 Å². The van der Waals surface area contributed by atoms with Gasteiger partial charge in [-0.25, -0.2) is 4.39 Å². The Morgan fingerprint density at radius 3 is 3.04 bits per heavy atom. The van der Waals surface area contributed by atoms with Gasteiger partial charge in [0, 0.05) is 30.4 Å². The highest BCUT2D eigenvalue weighted by molar-refractivity contribution is 6.31. The molecule has 1 fully saturated rings. The molecule has 0 aliphatic carbocycles. The van der Waals surface area contributed by atoms with Crippen LogP contribution in [0.2, 0.25) is 5.02 Å². The Bertz CT molecular complexity index is 713. The average Bonchev–Trinajstić information content (AvgIpc) is 3.05. The van der Waals surface area contributed by atoms with Crippen LogP contribution in [0.1, 0.15) is 18.4 Å². The van der Waals surface area contributed by atoms with E-state index in [1.807, 2.05) is 12.1 Å². The van der Waals surface area contributed by atoms with E-state index in [9.17, 15) is 9.18 Å². The second kappa shape index (κ2) is 7.57. The predicted octanol–water partition coefficient (Wildman–Crippen LogP) is 2.60. The number of carbonyl (C=O) groups is 1. The molecule has 0 bridgehead atoms. The van der Waals surface area contributed by atoms with E-state index in [1.54, 1.807) is 12.3 Å². The van der Waals surface area contributed by atoms with Gasteiger partial charge in [0.05, 0.1) is 6.42 Å². The SMILES string of the molecule is O=C(Cc1ccc(F)cc1Cl)NC[C@H]1CCCN1c1cccnn1. The van der Waals surface area contributed by atoms with Crippen molar-refractivity contribution in [3.05, 3.63) is 52.9 Å². The minimum atomic E-state index is -0.408. The number of carbonyl (C=O) groups excluding carboxylic acids is 1. The number of halogens is 2. The van der Waals surface area contributed by atoms with Crippen molar-refractivity contribution in [3.8, 4) is 0 Å². The topological polar surface area (TPSA) is 58.1 Å². The fraction of sp³-hybridized carbons (Fsp3) is 0.353. The van der Waals surface area contributed by atoms with E-state index < -0.39 is 5.82 Å². The molecule has 1 aromatic heterocycles. The quantitative estimate of drug-likeness (QED) is 0.902. The molecule has 1 aromatic carbocycles. The molecule has 1 amide bonds. The van der Waals surface area contributed by atoms with Gasteiger partial charge in [-0.1, -0.05) is 17.7 Å². The van der Waals surface area contributed by atoms with Crippen LogP contribution in [0.3, 0.4) is 0 Å². The largest absolute Gasteiger partial charge is 0.354 e. The number of hydrogen-bond acceptors (Lipinski definition) is 4. The van der Waals surface area contributed by atoms with Crippen molar-refractivity contribution >= 4 is 23.3 Å². The lowest BCUT2D eigenvalue weighted by molar-refractivity contribution is -0.120. The summed E-state index contributed by atoms with van der Waals surface area (Å²) in [6, 6.07) is 8.05. The first-order chi connectivity index (χ1) is 11.6. The van der Waals surface area contributed by atoms with E-state index in [0.717, 1.165) is 25.2 Å². The monoisotopic (exact) mass is 348 g/mol. The van der Waals surface area contributed by atoms with E-state index in [0.29, 0.717) is 12.1 Å².